The molecule has 0 spiro atoms. The lowest BCUT2D eigenvalue weighted by atomic mass is 9.95. The second-order valence-electron chi connectivity index (χ2n) is 15.6. The molecule has 11 aromatic rings. The van der Waals surface area contributed by atoms with Crippen molar-refractivity contribution in [2.45, 2.75) is 32.6 Å². The molecule has 0 saturated heterocycles. The van der Waals surface area contributed by atoms with Gasteiger partial charge in [-0.1, -0.05) is 159 Å². The Morgan fingerprint density at radius 3 is 2.02 bits per heavy atom. The second-order valence-corrected chi connectivity index (χ2v) is 15.6. The van der Waals surface area contributed by atoms with E-state index in [-0.39, 0.29) is 27.9 Å². The van der Waals surface area contributed by atoms with Gasteiger partial charge in [0.15, 0.2) is 0 Å². The van der Waals surface area contributed by atoms with Crippen LogP contribution in [0.2, 0.25) is 0 Å². The van der Waals surface area contributed by atoms with Crippen LogP contribution in [-0.2, 0) is 0 Å². The minimum atomic E-state index is -0.570. The lowest BCUT2D eigenvalue weighted by Crippen LogP contribution is -2.31. The van der Waals surface area contributed by atoms with Gasteiger partial charge in [-0.15, -0.1) is 0 Å². The van der Waals surface area contributed by atoms with E-state index < -0.39 is 60.4 Å². The van der Waals surface area contributed by atoms with Gasteiger partial charge in [-0.3, -0.25) is 13.7 Å². The summed E-state index contributed by atoms with van der Waals surface area (Å²) in [6, 6.07) is 41.3. The van der Waals surface area contributed by atoms with Crippen molar-refractivity contribution in [1.29, 1.82) is 0 Å². The molecule has 0 atom stereocenters. The first kappa shape index (κ1) is 29.3. The van der Waals surface area contributed by atoms with Gasteiger partial charge in [-0.2, -0.15) is 0 Å². The summed E-state index contributed by atoms with van der Waals surface area (Å²) in [7, 11) is 0. The van der Waals surface area contributed by atoms with Crippen LogP contribution in [0.3, 0.4) is 0 Å². The number of rotatable bonds is 11. The Bertz CT molecular complexity index is 3910. The van der Waals surface area contributed by atoms with Crippen molar-refractivity contribution in [3.05, 3.63) is 224 Å². The van der Waals surface area contributed by atoms with Gasteiger partial charge < -0.3 is 4.74 Å². The summed E-state index contributed by atoms with van der Waals surface area (Å²) < 4.78 is 101. The molecule has 0 N–H and O–H groups in total. The number of hydrogen-bond donors (Lipinski definition) is 0. The van der Waals surface area contributed by atoms with Crippen LogP contribution in [0, 0.1) is 6.33 Å². The van der Waals surface area contributed by atoms with E-state index >= 15 is 0 Å². The molecule has 0 bridgehead atoms. The van der Waals surface area contributed by atoms with Crippen molar-refractivity contribution in [1.82, 2.24) is 14.1 Å². The second kappa shape index (κ2) is 16.7. The Morgan fingerprint density at radius 1 is 0.578 bits per heavy atom. The molecular formula is C59H46N4O. The molecule has 3 aromatic heterocycles. The van der Waals surface area contributed by atoms with Gasteiger partial charge in [0.2, 0.25) is 0 Å². The lowest BCUT2D eigenvalue weighted by molar-refractivity contribution is -0.571. The first-order valence-electron chi connectivity index (χ1n) is 26.4. The van der Waals surface area contributed by atoms with Crippen molar-refractivity contribution >= 4 is 32.8 Å². The zero-order valence-electron chi connectivity index (χ0n) is 45.1. The quantitative estimate of drug-likeness (QED) is 0.0961. The molecular weight excluding hydrogens is 781 g/mol. The van der Waals surface area contributed by atoms with Gasteiger partial charge in [-0.05, 0) is 112 Å². The predicted molar refractivity (Wildman–Crippen MR) is 262 cm³/mol. The van der Waals surface area contributed by atoms with Gasteiger partial charge in [0.25, 0.3) is 6.33 Å². The number of benzene rings is 8. The average Bonchev–Trinajstić information content (AvgIpc) is 3.98. The molecule has 64 heavy (non-hydrogen) atoms. The SMILES string of the molecule is [2H]c1c([2H])c([2H])c(-c2cccc(-c3c([2H])c([2H])c([2H])c([2H])c3[2H])c2-[n+]2[c-]n(-c3cccc(Oc4ccc5c6ccccc6n(-c6cc(C(CC)CC)ccn6)c5c4)c3)c3ccc(-c4ccccc4)cc32)c([2H])c1[2H]. The van der Waals surface area contributed by atoms with Gasteiger partial charge in [0, 0.05) is 23.0 Å². The number of ether oxygens (including phenoxy) is 1. The largest absolute Gasteiger partial charge is 0.458 e. The van der Waals surface area contributed by atoms with Crippen molar-refractivity contribution in [2.24, 2.45) is 0 Å². The van der Waals surface area contributed by atoms with Crippen molar-refractivity contribution in [3.63, 3.8) is 0 Å². The van der Waals surface area contributed by atoms with Crippen molar-refractivity contribution < 1.29 is 23.0 Å². The fourth-order valence-electron chi connectivity index (χ4n) is 8.89. The highest BCUT2D eigenvalue weighted by atomic mass is 16.5. The van der Waals surface area contributed by atoms with Crippen LogP contribution in [0.1, 0.15) is 51.9 Å². The Kier molecular flexibility index (Phi) is 7.64. The molecule has 0 aliphatic heterocycles. The van der Waals surface area contributed by atoms with Crippen LogP contribution >= 0.6 is 0 Å². The third-order valence-electron chi connectivity index (χ3n) is 12.0. The number of hydrogen-bond acceptors (Lipinski definition) is 2. The molecule has 0 fully saturated rings. The zero-order valence-corrected chi connectivity index (χ0v) is 35.1. The minimum Gasteiger partial charge on any atom is -0.458 e. The third kappa shape index (κ3) is 7.01. The van der Waals surface area contributed by atoms with Crippen LogP contribution < -0.4 is 9.30 Å². The normalized spacial score (nSPS) is 13.7. The van der Waals surface area contributed by atoms with E-state index in [0.717, 1.165) is 51.6 Å². The fraction of sp³-hybridized carbons (Fsp3) is 0.0847. The van der Waals surface area contributed by atoms with Gasteiger partial charge in [-0.25, -0.2) is 4.98 Å². The summed E-state index contributed by atoms with van der Waals surface area (Å²) in [4.78, 5) is 4.88. The van der Waals surface area contributed by atoms with E-state index in [9.17, 15) is 0 Å². The van der Waals surface area contributed by atoms with Crippen LogP contribution in [0.25, 0.3) is 83.4 Å². The molecule has 8 aromatic carbocycles. The van der Waals surface area contributed by atoms with Crippen LogP contribution in [0.15, 0.2) is 212 Å². The highest BCUT2D eigenvalue weighted by Gasteiger charge is 2.21. The predicted octanol–water partition coefficient (Wildman–Crippen LogP) is 14.9. The monoisotopic (exact) mass is 836 g/mol. The molecule has 5 nitrogen and oxygen atoms in total. The lowest BCUT2D eigenvalue weighted by Gasteiger charge is -2.17. The molecule has 308 valence electrons. The number of fused-ring (bicyclic) bond motifs is 4. The summed E-state index contributed by atoms with van der Waals surface area (Å²) in [6.07, 6.45) is 7.45. The van der Waals surface area contributed by atoms with E-state index in [1.807, 2.05) is 108 Å². The maximum atomic E-state index is 9.15. The number of imidazole rings is 1. The summed E-state index contributed by atoms with van der Waals surface area (Å²) >= 11 is 0. The zero-order chi connectivity index (χ0) is 51.7. The molecule has 0 radical (unpaired) electrons. The van der Waals surface area contributed by atoms with E-state index in [1.165, 1.54) is 5.56 Å². The maximum absolute atomic E-state index is 9.15. The molecule has 0 aliphatic rings. The van der Waals surface area contributed by atoms with Crippen molar-refractivity contribution in [3.8, 4) is 62.1 Å². The van der Waals surface area contributed by atoms with E-state index in [4.69, 9.17) is 23.4 Å². The Hall–Kier alpha value is -8.02. The average molecular weight is 837 g/mol. The topological polar surface area (TPSA) is 35.9 Å². The number of pyridine rings is 1. The number of para-hydroxylation sites is 2. The summed E-state index contributed by atoms with van der Waals surface area (Å²) in [5.74, 6) is 2.34. The Morgan fingerprint density at radius 2 is 1.27 bits per heavy atom. The molecule has 0 amide bonds. The highest BCUT2D eigenvalue weighted by molar-refractivity contribution is 6.09. The molecule has 11 rings (SSSR count). The van der Waals surface area contributed by atoms with E-state index in [1.54, 1.807) is 22.8 Å². The molecule has 0 aliphatic carbocycles. The van der Waals surface area contributed by atoms with Crippen molar-refractivity contribution in [2.75, 3.05) is 0 Å². The minimum absolute atomic E-state index is 0.137. The maximum Gasteiger partial charge on any atom is 0.269 e. The molecule has 0 saturated carbocycles. The smallest absolute Gasteiger partial charge is 0.269 e. The van der Waals surface area contributed by atoms with Gasteiger partial charge in [0.1, 0.15) is 17.3 Å². The summed E-state index contributed by atoms with van der Waals surface area (Å²) in [6.45, 7) is 4.42. The van der Waals surface area contributed by atoms with Crippen LogP contribution in [0.4, 0.5) is 0 Å². The van der Waals surface area contributed by atoms with Gasteiger partial charge >= 0.3 is 0 Å². The summed E-state index contributed by atoms with van der Waals surface area (Å²) in [5, 5.41) is 2.14. The van der Waals surface area contributed by atoms with Crippen LogP contribution in [-0.4, -0.2) is 14.1 Å². The molecule has 5 heteroatoms. The number of nitrogens with zero attached hydrogens (tertiary/aromatic N) is 4. The Labute approximate surface area is 387 Å². The summed E-state index contributed by atoms with van der Waals surface area (Å²) in [5.41, 5.74) is 6.94. The Balaban J connectivity index is 1.12. The van der Waals surface area contributed by atoms with Gasteiger partial charge in [0.05, 0.1) is 47.1 Å². The first-order chi connectivity index (χ1) is 35.8. The van der Waals surface area contributed by atoms with E-state index in [2.05, 4.69) is 55.1 Å². The molecule has 3 heterocycles. The highest BCUT2D eigenvalue weighted by Crippen LogP contribution is 2.38. The number of aromatic nitrogens is 4. The fourth-order valence-corrected chi connectivity index (χ4v) is 8.89. The van der Waals surface area contributed by atoms with Crippen LogP contribution in [0.5, 0.6) is 11.5 Å². The third-order valence-corrected chi connectivity index (χ3v) is 12.0. The standard InChI is InChI=1S/C59H46N4O/c1-3-41(4-2)46-34-35-60-58(37-46)63-54-29-15-14-26-52(54)53-32-31-49(39-56(53)63)64-48-25-16-24-47(38-48)61-40-62(57-36-45(30-33-55(57)61)42-18-8-5-9-19-42)59-50(43-20-10-6-11-21-43)27-17-28-51(59)44-22-12-7-13-23-44/h5-39,41H,3-4H2,1-2H3/i6D,7D,10D,11D,12D,13D,20D,21D,22D,23D. The molecule has 0 unspecified atom stereocenters. The first-order valence-corrected chi connectivity index (χ1v) is 21.4. The van der Waals surface area contributed by atoms with E-state index in [0.29, 0.717) is 34.1 Å².